The monoisotopic (exact) mass is 580 g/mol. The molecule has 7 rings (SSSR count). The van der Waals surface area contributed by atoms with Crippen molar-refractivity contribution < 1.29 is 9.13 Å². The van der Waals surface area contributed by atoms with Crippen LogP contribution in [-0.2, 0) is 0 Å². The number of nitrogen functional groups attached to an aromatic ring is 1. The molecule has 2 N–H and O–H groups in total. The molecule has 0 unspecified atom stereocenters. The van der Waals surface area contributed by atoms with E-state index < -0.39 is 11.9 Å². The number of rotatable bonds is 7. The van der Waals surface area contributed by atoms with Crippen molar-refractivity contribution >= 4 is 33.0 Å². The molecule has 0 aliphatic heterocycles. The Morgan fingerprint density at radius 3 is 2.69 bits per heavy atom. The molecule has 0 saturated heterocycles. The molecule has 8 nitrogen and oxygen atoms in total. The number of benzene rings is 2. The van der Waals surface area contributed by atoms with E-state index >= 15 is 0 Å². The Morgan fingerprint density at radius 2 is 1.95 bits per heavy atom. The predicted molar refractivity (Wildman–Crippen MR) is 164 cm³/mol. The maximum atomic E-state index is 14.5. The molecule has 10 heteroatoms. The molecule has 212 valence electrons. The van der Waals surface area contributed by atoms with Gasteiger partial charge in [-0.05, 0) is 86.2 Å². The number of aromatic nitrogens is 5. The van der Waals surface area contributed by atoms with E-state index in [4.69, 9.17) is 15.6 Å². The first-order chi connectivity index (χ1) is 20.3. The molecule has 42 heavy (non-hydrogen) atoms. The minimum Gasteiger partial charge on any atom is -0.490 e. The molecule has 2 aromatic carbocycles. The van der Waals surface area contributed by atoms with Gasteiger partial charge in [-0.1, -0.05) is 19.1 Å². The number of pyridine rings is 1. The van der Waals surface area contributed by atoms with Crippen LogP contribution in [0.25, 0.3) is 38.2 Å². The van der Waals surface area contributed by atoms with Gasteiger partial charge in [-0.15, -0.1) is 11.3 Å². The number of hydrogen-bond donors (Lipinski definition) is 1. The third kappa shape index (κ3) is 4.34. The van der Waals surface area contributed by atoms with Crippen LogP contribution < -0.4 is 16.0 Å². The Bertz CT molecular complexity index is 2060. The van der Waals surface area contributed by atoms with Gasteiger partial charge in [0.25, 0.3) is 5.56 Å². The van der Waals surface area contributed by atoms with Crippen LogP contribution in [0.1, 0.15) is 49.0 Å². The molecule has 0 bridgehead atoms. The van der Waals surface area contributed by atoms with Crippen LogP contribution in [0.2, 0.25) is 0 Å². The normalized spacial score (nSPS) is 14.1. The predicted octanol–water partition coefficient (Wildman–Crippen LogP) is 6.71. The zero-order valence-electron chi connectivity index (χ0n) is 23.5. The van der Waals surface area contributed by atoms with Crippen LogP contribution in [0.5, 0.6) is 5.75 Å². The van der Waals surface area contributed by atoms with Crippen LogP contribution in [0.3, 0.4) is 0 Å². The Morgan fingerprint density at radius 1 is 1.12 bits per heavy atom. The summed E-state index contributed by atoms with van der Waals surface area (Å²) in [5.41, 5.74) is 11.9. The third-order valence-electron chi connectivity index (χ3n) is 7.85. The summed E-state index contributed by atoms with van der Waals surface area (Å²) in [6.45, 7) is 5.95. The topological polar surface area (TPSA) is 100 Å². The minimum atomic E-state index is -0.408. The lowest BCUT2D eigenvalue weighted by Crippen LogP contribution is -2.22. The van der Waals surface area contributed by atoms with Crippen LogP contribution in [0.4, 0.5) is 10.2 Å². The number of thiazole rings is 1. The molecule has 1 aliphatic rings. The second-order valence-corrected chi connectivity index (χ2v) is 11.7. The average Bonchev–Trinajstić information content (AvgIpc) is 3.59. The van der Waals surface area contributed by atoms with Crippen molar-refractivity contribution in [2.24, 2.45) is 0 Å². The second-order valence-electron chi connectivity index (χ2n) is 10.8. The third-order valence-corrected chi connectivity index (χ3v) is 8.85. The Balaban J connectivity index is 1.46. The van der Waals surface area contributed by atoms with E-state index in [1.54, 1.807) is 16.5 Å². The number of aryl methyl sites for hydroxylation is 2. The summed E-state index contributed by atoms with van der Waals surface area (Å²) in [4.78, 5) is 23.8. The van der Waals surface area contributed by atoms with E-state index in [-0.39, 0.29) is 5.56 Å². The fourth-order valence-corrected chi connectivity index (χ4v) is 6.58. The zero-order chi connectivity index (χ0) is 29.1. The highest BCUT2D eigenvalue weighted by Crippen LogP contribution is 2.39. The summed E-state index contributed by atoms with van der Waals surface area (Å²) in [6, 6.07) is 13.8. The van der Waals surface area contributed by atoms with Gasteiger partial charge >= 0.3 is 0 Å². The first-order valence-corrected chi connectivity index (χ1v) is 14.9. The van der Waals surface area contributed by atoms with Crippen molar-refractivity contribution in [1.82, 2.24) is 24.1 Å². The van der Waals surface area contributed by atoms with Crippen LogP contribution in [0.15, 0.2) is 65.0 Å². The van der Waals surface area contributed by atoms with Crippen molar-refractivity contribution in [3.05, 3.63) is 93.2 Å². The molecule has 0 spiro atoms. The van der Waals surface area contributed by atoms with Crippen LogP contribution >= 0.6 is 11.3 Å². The molecule has 6 aromatic rings. The summed E-state index contributed by atoms with van der Waals surface area (Å²) in [5.74, 6) is 0.775. The molecular formula is C32H29FN6O2S. The van der Waals surface area contributed by atoms with E-state index in [9.17, 15) is 9.18 Å². The largest absolute Gasteiger partial charge is 0.490 e. The van der Waals surface area contributed by atoms with Crippen LogP contribution in [-0.4, -0.2) is 30.3 Å². The van der Waals surface area contributed by atoms with Gasteiger partial charge in [0, 0.05) is 16.6 Å². The molecule has 1 saturated carbocycles. The molecule has 4 aromatic heterocycles. The van der Waals surface area contributed by atoms with E-state index in [0.29, 0.717) is 46.2 Å². The quantitative estimate of drug-likeness (QED) is 0.225. The summed E-state index contributed by atoms with van der Waals surface area (Å²) < 4.78 is 24.0. The Labute approximate surface area is 245 Å². The number of nitrogens with zero attached hydrogens (tertiary/aromatic N) is 5. The number of fused-ring (bicyclic) bond motifs is 2. The zero-order valence-corrected chi connectivity index (χ0v) is 24.3. The fraction of sp³-hybridized carbons (Fsp3) is 0.250. The highest BCUT2D eigenvalue weighted by atomic mass is 32.1. The number of anilines is 1. The fourth-order valence-electron chi connectivity index (χ4n) is 5.65. The van der Waals surface area contributed by atoms with E-state index in [1.165, 1.54) is 29.8 Å². The maximum absolute atomic E-state index is 14.5. The first kappa shape index (κ1) is 26.3. The maximum Gasteiger partial charge on any atom is 0.264 e. The van der Waals surface area contributed by atoms with Gasteiger partial charge in [0.1, 0.15) is 34.2 Å². The molecular weight excluding hydrogens is 551 g/mol. The molecule has 0 amide bonds. The van der Waals surface area contributed by atoms with Gasteiger partial charge in [-0.3, -0.25) is 9.20 Å². The Hall–Kier alpha value is -4.57. The number of nitrogens with two attached hydrogens (primary N) is 1. The smallest absolute Gasteiger partial charge is 0.264 e. The molecule has 1 aliphatic carbocycles. The summed E-state index contributed by atoms with van der Waals surface area (Å²) >= 11 is 1.49. The number of ether oxygens (including phenoxy) is 1. The van der Waals surface area contributed by atoms with Gasteiger partial charge in [-0.25, -0.2) is 19.0 Å². The number of halogens is 1. The van der Waals surface area contributed by atoms with Crippen molar-refractivity contribution in [2.75, 3.05) is 5.73 Å². The van der Waals surface area contributed by atoms with E-state index in [2.05, 4.69) is 9.97 Å². The summed E-state index contributed by atoms with van der Waals surface area (Å²) in [7, 11) is 0. The molecule has 4 heterocycles. The molecule has 1 fully saturated rings. The average molecular weight is 581 g/mol. The lowest BCUT2D eigenvalue weighted by molar-refractivity contribution is 0.301. The minimum absolute atomic E-state index is 0.196. The van der Waals surface area contributed by atoms with Crippen molar-refractivity contribution in [3.63, 3.8) is 0 Å². The van der Waals surface area contributed by atoms with Crippen molar-refractivity contribution in [2.45, 2.75) is 52.2 Å². The van der Waals surface area contributed by atoms with Crippen molar-refractivity contribution in [3.8, 4) is 28.1 Å². The first-order valence-electron chi connectivity index (χ1n) is 14.0. The highest BCUT2D eigenvalue weighted by Gasteiger charge is 2.28. The SMILES string of the molecule is CC[C@@H](c1cc2scc(C)n2c(=O)c1-c1cccc(F)c1)n1nc(-c2ccc(OC3CC3)c(C)c2)c2c(N)ncnc21. The van der Waals surface area contributed by atoms with Gasteiger partial charge in [0.15, 0.2) is 5.65 Å². The van der Waals surface area contributed by atoms with Crippen molar-refractivity contribution in [1.29, 1.82) is 0 Å². The summed E-state index contributed by atoms with van der Waals surface area (Å²) in [6.07, 6.45) is 4.49. The lowest BCUT2D eigenvalue weighted by atomic mass is 9.95. The van der Waals surface area contributed by atoms with Crippen LogP contribution in [0, 0.1) is 19.7 Å². The van der Waals surface area contributed by atoms with E-state index in [1.807, 2.05) is 55.1 Å². The Kier molecular flexibility index (Phi) is 6.31. The standard InChI is InChI=1S/C32H29FN6O2S/c1-4-24(23-14-26-38(18(3)15-42-26)32(40)27(23)19-6-5-7-21(33)13-19)39-31-28(30(34)35-16-36-31)29(37-39)20-8-11-25(17(2)12-20)41-22-9-10-22/h5-8,11-16,22,24H,4,9-10H2,1-3H3,(H2,34,35,36)/t24-/m0/s1. The van der Waals surface area contributed by atoms with Gasteiger partial charge in [0.05, 0.1) is 23.1 Å². The summed E-state index contributed by atoms with van der Waals surface area (Å²) in [5, 5.41) is 7.68. The molecule has 1 atom stereocenters. The second kappa shape index (κ2) is 10.1. The lowest BCUT2D eigenvalue weighted by Gasteiger charge is -2.21. The highest BCUT2D eigenvalue weighted by molar-refractivity contribution is 7.15. The van der Waals surface area contributed by atoms with E-state index in [0.717, 1.165) is 45.8 Å². The van der Waals surface area contributed by atoms with Gasteiger partial charge in [0.2, 0.25) is 0 Å². The van der Waals surface area contributed by atoms with Gasteiger partial charge < -0.3 is 10.5 Å². The number of hydrogen-bond acceptors (Lipinski definition) is 7. The molecule has 0 radical (unpaired) electrons. The van der Waals surface area contributed by atoms with Gasteiger partial charge in [-0.2, -0.15) is 5.10 Å².